The third kappa shape index (κ3) is 1.67. The van der Waals surface area contributed by atoms with Crippen LogP contribution in [0.5, 0.6) is 0 Å². The molecular formula is C14H8N2O3. The maximum Gasteiger partial charge on any atom is 0.371 e. The molecule has 5 heteroatoms. The van der Waals surface area contributed by atoms with Crippen molar-refractivity contribution >= 4 is 16.9 Å². The average Bonchev–Trinajstić information content (AvgIpc) is 3.03. The summed E-state index contributed by atoms with van der Waals surface area (Å²) in [5.41, 5.74) is 1.31. The topological polar surface area (TPSA) is 79.2 Å². The molecule has 0 bridgehead atoms. The van der Waals surface area contributed by atoms with E-state index in [0.29, 0.717) is 11.4 Å². The minimum Gasteiger partial charge on any atom is -0.475 e. The Kier molecular flexibility index (Phi) is 2.36. The molecular weight excluding hydrogens is 244 g/mol. The molecule has 0 radical (unpaired) electrons. The van der Waals surface area contributed by atoms with Crippen molar-refractivity contribution in [2.24, 2.45) is 0 Å². The van der Waals surface area contributed by atoms with Crippen LogP contribution in [0.15, 0.2) is 47.0 Å². The van der Waals surface area contributed by atoms with Crippen LogP contribution in [-0.4, -0.2) is 15.6 Å². The molecule has 0 saturated carbocycles. The summed E-state index contributed by atoms with van der Waals surface area (Å²) in [5, 5.41) is 18.8. The van der Waals surface area contributed by atoms with E-state index in [1.54, 1.807) is 16.8 Å². The molecule has 3 rings (SSSR count). The first-order valence-corrected chi connectivity index (χ1v) is 5.54. The Morgan fingerprint density at radius 2 is 2.05 bits per heavy atom. The van der Waals surface area contributed by atoms with E-state index in [2.05, 4.69) is 6.07 Å². The molecule has 3 aromatic rings. The van der Waals surface area contributed by atoms with Gasteiger partial charge in [-0.1, -0.05) is 18.2 Å². The number of fused-ring (bicyclic) bond motifs is 1. The van der Waals surface area contributed by atoms with Gasteiger partial charge in [0.15, 0.2) is 0 Å². The highest BCUT2D eigenvalue weighted by Gasteiger charge is 2.14. The summed E-state index contributed by atoms with van der Waals surface area (Å²) < 4.78 is 6.92. The molecule has 92 valence electrons. The zero-order chi connectivity index (χ0) is 13.4. The standard InChI is InChI=1S/C14H8N2O3/c15-7-9-8-16(11-4-2-1-3-10(9)11)13-6-5-12(19-13)14(17)18/h1-6,8H,(H,17,18). The molecule has 5 nitrogen and oxygen atoms in total. The van der Waals surface area contributed by atoms with Crippen LogP contribution in [0.25, 0.3) is 16.8 Å². The number of benzene rings is 1. The maximum absolute atomic E-state index is 10.8. The van der Waals surface area contributed by atoms with Gasteiger partial charge >= 0.3 is 5.97 Å². The summed E-state index contributed by atoms with van der Waals surface area (Å²) in [7, 11) is 0. The normalized spacial score (nSPS) is 10.5. The molecule has 0 amide bonds. The third-order valence-corrected chi connectivity index (χ3v) is 2.87. The van der Waals surface area contributed by atoms with Gasteiger partial charge in [0.05, 0.1) is 11.1 Å². The number of furan rings is 1. The van der Waals surface area contributed by atoms with Gasteiger partial charge in [-0.3, -0.25) is 4.57 Å². The van der Waals surface area contributed by atoms with Gasteiger partial charge < -0.3 is 9.52 Å². The van der Waals surface area contributed by atoms with Crippen LogP contribution in [0.4, 0.5) is 0 Å². The van der Waals surface area contributed by atoms with Gasteiger partial charge in [0.25, 0.3) is 0 Å². The van der Waals surface area contributed by atoms with Crippen molar-refractivity contribution in [3.8, 4) is 12.0 Å². The molecule has 2 aromatic heterocycles. The van der Waals surface area contributed by atoms with Crippen molar-refractivity contribution in [3.05, 3.63) is 53.9 Å². The van der Waals surface area contributed by atoms with Crippen LogP contribution in [0.2, 0.25) is 0 Å². The first kappa shape index (κ1) is 11.1. The fourth-order valence-electron chi connectivity index (χ4n) is 2.02. The zero-order valence-electron chi connectivity index (χ0n) is 9.70. The predicted octanol–water partition coefficient (Wildman–Crippen LogP) is 2.79. The predicted molar refractivity (Wildman–Crippen MR) is 67.2 cm³/mol. The van der Waals surface area contributed by atoms with E-state index in [1.807, 2.05) is 24.3 Å². The van der Waals surface area contributed by atoms with E-state index in [4.69, 9.17) is 14.8 Å². The Bertz CT molecular complexity index is 821. The smallest absolute Gasteiger partial charge is 0.371 e. The molecule has 0 fully saturated rings. The molecule has 0 saturated heterocycles. The van der Waals surface area contributed by atoms with Gasteiger partial charge in [0.1, 0.15) is 6.07 Å². The van der Waals surface area contributed by atoms with Crippen molar-refractivity contribution in [2.75, 3.05) is 0 Å². The van der Waals surface area contributed by atoms with E-state index in [-0.39, 0.29) is 5.76 Å². The molecule has 0 unspecified atom stereocenters. The number of carbonyl (C=O) groups is 1. The highest BCUT2D eigenvalue weighted by molar-refractivity contribution is 5.88. The summed E-state index contributed by atoms with van der Waals surface area (Å²) in [6, 6.07) is 12.4. The molecule has 0 aliphatic heterocycles. The summed E-state index contributed by atoms with van der Waals surface area (Å²) in [6.07, 6.45) is 1.63. The minimum absolute atomic E-state index is 0.133. The first-order chi connectivity index (χ1) is 9.20. The number of rotatable bonds is 2. The van der Waals surface area contributed by atoms with Gasteiger partial charge in [-0.25, -0.2) is 4.79 Å². The quantitative estimate of drug-likeness (QED) is 0.760. The van der Waals surface area contributed by atoms with Gasteiger partial charge in [-0.05, 0) is 12.1 Å². The van der Waals surface area contributed by atoms with Crippen molar-refractivity contribution in [2.45, 2.75) is 0 Å². The van der Waals surface area contributed by atoms with Crippen LogP contribution in [0, 0.1) is 11.3 Å². The number of carboxylic acid groups (broad SMARTS) is 1. The summed E-state index contributed by atoms with van der Waals surface area (Å²) in [5.74, 6) is -0.885. The van der Waals surface area contributed by atoms with Crippen molar-refractivity contribution in [1.82, 2.24) is 4.57 Å². The Labute approximate surface area is 107 Å². The number of nitrogens with zero attached hydrogens (tertiary/aromatic N) is 2. The van der Waals surface area contributed by atoms with E-state index < -0.39 is 5.97 Å². The van der Waals surface area contributed by atoms with Crippen LogP contribution >= 0.6 is 0 Å². The highest BCUT2D eigenvalue weighted by Crippen LogP contribution is 2.25. The van der Waals surface area contributed by atoms with Crippen LogP contribution in [0.3, 0.4) is 0 Å². The molecule has 1 N–H and O–H groups in total. The number of hydrogen-bond acceptors (Lipinski definition) is 3. The van der Waals surface area contributed by atoms with E-state index >= 15 is 0 Å². The van der Waals surface area contributed by atoms with Crippen LogP contribution < -0.4 is 0 Å². The number of nitriles is 1. The molecule has 0 aliphatic carbocycles. The zero-order valence-corrected chi connectivity index (χ0v) is 9.70. The van der Waals surface area contributed by atoms with E-state index in [0.717, 1.165) is 10.9 Å². The monoisotopic (exact) mass is 252 g/mol. The molecule has 0 atom stereocenters. The Morgan fingerprint density at radius 1 is 1.26 bits per heavy atom. The Hall–Kier alpha value is -3.00. The summed E-state index contributed by atoms with van der Waals surface area (Å²) in [4.78, 5) is 10.8. The van der Waals surface area contributed by atoms with E-state index in [9.17, 15) is 4.79 Å². The summed E-state index contributed by atoms with van der Waals surface area (Å²) in [6.45, 7) is 0. The lowest BCUT2D eigenvalue weighted by Crippen LogP contribution is -1.93. The van der Waals surface area contributed by atoms with Gasteiger partial charge in [-0.15, -0.1) is 0 Å². The van der Waals surface area contributed by atoms with Gasteiger partial charge in [0, 0.05) is 17.6 Å². The van der Waals surface area contributed by atoms with Crippen molar-refractivity contribution in [1.29, 1.82) is 5.26 Å². The fraction of sp³-hybridized carbons (Fsp3) is 0. The Balaban J connectivity index is 2.25. The minimum atomic E-state index is -1.12. The number of aromatic carboxylic acids is 1. The Morgan fingerprint density at radius 3 is 2.74 bits per heavy atom. The van der Waals surface area contributed by atoms with E-state index in [1.165, 1.54) is 6.07 Å². The van der Waals surface area contributed by atoms with Crippen LogP contribution in [-0.2, 0) is 0 Å². The molecule has 2 heterocycles. The second-order valence-electron chi connectivity index (χ2n) is 3.98. The lowest BCUT2D eigenvalue weighted by molar-refractivity contribution is 0.0662. The number of aromatic nitrogens is 1. The largest absolute Gasteiger partial charge is 0.475 e. The lowest BCUT2D eigenvalue weighted by atomic mass is 10.2. The molecule has 0 spiro atoms. The number of carboxylic acids is 1. The lowest BCUT2D eigenvalue weighted by Gasteiger charge is -1.99. The second-order valence-corrected chi connectivity index (χ2v) is 3.98. The summed E-state index contributed by atoms with van der Waals surface area (Å²) >= 11 is 0. The highest BCUT2D eigenvalue weighted by atomic mass is 16.4. The maximum atomic E-state index is 10.8. The van der Waals surface area contributed by atoms with Crippen LogP contribution in [0.1, 0.15) is 16.1 Å². The molecule has 0 aliphatic rings. The first-order valence-electron chi connectivity index (χ1n) is 5.54. The molecule has 1 aromatic carbocycles. The van der Waals surface area contributed by atoms with Gasteiger partial charge in [0.2, 0.25) is 11.6 Å². The van der Waals surface area contributed by atoms with Crippen molar-refractivity contribution < 1.29 is 14.3 Å². The fourth-order valence-corrected chi connectivity index (χ4v) is 2.02. The average molecular weight is 252 g/mol. The van der Waals surface area contributed by atoms with Gasteiger partial charge in [-0.2, -0.15) is 5.26 Å². The second kappa shape index (κ2) is 4.03. The molecule has 19 heavy (non-hydrogen) atoms. The van der Waals surface area contributed by atoms with Crippen molar-refractivity contribution in [3.63, 3.8) is 0 Å². The number of para-hydroxylation sites is 1. The SMILES string of the molecule is N#Cc1cn(-c2ccc(C(=O)O)o2)c2ccccc12. The third-order valence-electron chi connectivity index (χ3n) is 2.87. The number of hydrogen-bond donors (Lipinski definition) is 1.